The summed E-state index contributed by atoms with van der Waals surface area (Å²) in [5, 5.41) is 13.4. The summed E-state index contributed by atoms with van der Waals surface area (Å²) in [5.41, 5.74) is 10.3. The van der Waals surface area contributed by atoms with E-state index in [1.54, 1.807) is 0 Å². The first-order valence-electron chi connectivity index (χ1n) is 18.2. The van der Waals surface area contributed by atoms with E-state index >= 15 is 0 Å². The second kappa shape index (κ2) is 12.1. The molecule has 0 saturated carbocycles. The van der Waals surface area contributed by atoms with Crippen molar-refractivity contribution in [3.8, 4) is 45.3 Å². The van der Waals surface area contributed by atoms with Crippen LogP contribution in [0.4, 0.5) is 0 Å². The van der Waals surface area contributed by atoms with Crippen molar-refractivity contribution in [2.75, 3.05) is 0 Å². The largest absolute Gasteiger partial charge is 0.309 e. The maximum absolute atomic E-state index is 5.09. The lowest BCUT2D eigenvalue weighted by Crippen LogP contribution is -1.97. The fourth-order valence-electron chi connectivity index (χ4n) is 8.02. The first kappa shape index (κ1) is 30.3. The summed E-state index contributed by atoms with van der Waals surface area (Å²) in [5.74, 6) is 0.706. The third-order valence-corrected chi connectivity index (χ3v) is 10.6. The Kier molecular flexibility index (Phi) is 6.79. The van der Waals surface area contributed by atoms with Crippen LogP contribution in [0.2, 0.25) is 0 Å². The van der Waals surface area contributed by atoms with Gasteiger partial charge in [0.15, 0.2) is 5.82 Å². The van der Waals surface area contributed by atoms with Gasteiger partial charge in [-0.25, -0.2) is 14.6 Å². The molecular formula is C49H31N5. The molecule has 0 bridgehead atoms. The average molecular weight is 690 g/mol. The third-order valence-electron chi connectivity index (χ3n) is 10.6. The van der Waals surface area contributed by atoms with Crippen molar-refractivity contribution in [2.45, 2.75) is 0 Å². The summed E-state index contributed by atoms with van der Waals surface area (Å²) in [6, 6.07) is 64.1. The van der Waals surface area contributed by atoms with E-state index in [0.29, 0.717) is 5.82 Å². The SMILES string of the molecule is c1ccc(-c2cc(-c3ccc(-n4c5cc6c(ccc7ccccc76)cc5c5c6cnn(-c7ccccc7)c6ccc54)cc3)nc(-c3ccccc3)n2)cc1. The maximum Gasteiger partial charge on any atom is 0.160 e. The minimum absolute atomic E-state index is 0.706. The molecule has 0 aliphatic carbocycles. The molecule has 54 heavy (non-hydrogen) atoms. The molecular weight excluding hydrogens is 659 g/mol. The summed E-state index contributed by atoms with van der Waals surface area (Å²) in [7, 11) is 0. The van der Waals surface area contributed by atoms with E-state index in [9.17, 15) is 0 Å². The monoisotopic (exact) mass is 689 g/mol. The van der Waals surface area contributed by atoms with Gasteiger partial charge in [0.25, 0.3) is 0 Å². The molecule has 0 atom stereocenters. The van der Waals surface area contributed by atoms with Crippen LogP contribution in [-0.4, -0.2) is 24.3 Å². The van der Waals surface area contributed by atoms with Crippen molar-refractivity contribution in [3.05, 3.63) is 188 Å². The van der Waals surface area contributed by atoms with Gasteiger partial charge < -0.3 is 4.57 Å². The lowest BCUT2D eigenvalue weighted by Gasteiger charge is -2.12. The van der Waals surface area contributed by atoms with Gasteiger partial charge in [0, 0.05) is 38.5 Å². The quantitative estimate of drug-likeness (QED) is 0.169. The third kappa shape index (κ3) is 4.83. The Morgan fingerprint density at radius 1 is 0.370 bits per heavy atom. The van der Waals surface area contributed by atoms with Crippen LogP contribution >= 0.6 is 0 Å². The van der Waals surface area contributed by atoms with Gasteiger partial charge in [0.2, 0.25) is 0 Å². The molecule has 3 heterocycles. The van der Waals surface area contributed by atoms with Crippen LogP contribution < -0.4 is 0 Å². The molecule has 11 rings (SSSR count). The normalized spacial score (nSPS) is 11.7. The van der Waals surface area contributed by atoms with E-state index in [0.717, 1.165) is 61.4 Å². The summed E-state index contributed by atoms with van der Waals surface area (Å²) < 4.78 is 4.44. The van der Waals surface area contributed by atoms with Gasteiger partial charge in [0.1, 0.15) is 0 Å². The topological polar surface area (TPSA) is 48.5 Å². The van der Waals surface area contributed by atoms with E-state index in [4.69, 9.17) is 15.1 Å². The molecule has 11 aromatic rings. The van der Waals surface area contributed by atoms with Crippen molar-refractivity contribution in [2.24, 2.45) is 0 Å². The molecule has 0 saturated heterocycles. The molecule has 0 fully saturated rings. The lowest BCUT2D eigenvalue weighted by molar-refractivity contribution is 0.911. The molecule has 3 aromatic heterocycles. The number of rotatable bonds is 5. The average Bonchev–Trinajstić information content (AvgIpc) is 3.83. The second-order valence-corrected chi connectivity index (χ2v) is 13.7. The number of hydrogen-bond acceptors (Lipinski definition) is 3. The van der Waals surface area contributed by atoms with Crippen molar-refractivity contribution >= 4 is 54.3 Å². The first-order valence-corrected chi connectivity index (χ1v) is 18.2. The van der Waals surface area contributed by atoms with E-state index in [-0.39, 0.29) is 0 Å². The Morgan fingerprint density at radius 2 is 1.00 bits per heavy atom. The molecule has 0 aliphatic rings. The summed E-state index contributed by atoms with van der Waals surface area (Å²) in [6.45, 7) is 0. The highest BCUT2D eigenvalue weighted by molar-refractivity contribution is 6.24. The first-order chi connectivity index (χ1) is 26.8. The van der Waals surface area contributed by atoms with Crippen LogP contribution in [0.5, 0.6) is 0 Å². The highest BCUT2D eigenvalue weighted by Gasteiger charge is 2.19. The molecule has 0 aliphatic heterocycles. The molecule has 0 unspecified atom stereocenters. The van der Waals surface area contributed by atoms with Gasteiger partial charge in [-0.05, 0) is 76.1 Å². The number of fused-ring (bicyclic) bond motifs is 8. The fraction of sp³-hybridized carbons (Fsp3) is 0. The highest BCUT2D eigenvalue weighted by atomic mass is 15.3. The minimum Gasteiger partial charge on any atom is -0.309 e. The Hall–Kier alpha value is -7.37. The Bertz CT molecular complexity index is 3120. The molecule has 5 nitrogen and oxygen atoms in total. The molecule has 8 aromatic carbocycles. The van der Waals surface area contributed by atoms with Crippen LogP contribution in [0.3, 0.4) is 0 Å². The second-order valence-electron chi connectivity index (χ2n) is 13.7. The van der Waals surface area contributed by atoms with Crippen molar-refractivity contribution in [3.63, 3.8) is 0 Å². The maximum atomic E-state index is 5.09. The molecule has 0 radical (unpaired) electrons. The highest BCUT2D eigenvalue weighted by Crippen LogP contribution is 2.41. The van der Waals surface area contributed by atoms with Crippen LogP contribution in [-0.2, 0) is 0 Å². The fourth-order valence-corrected chi connectivity index (χ4v) is 8.02. The lowest BCUT2D eigenvalue weighted by atomic mass is 9.99. The number of benzene rings is 8. The number of nitrogens with zero attached hydrogens (tertiary/aromatic N) is 5. The zero-order valence-corrected chi connectivity index (χ0v) is 29.1. The standard InChI is InChI=1S/C49H31N5/c1-4-13-33(14-5-1)43-30-44(52-49(51-43)35-15-6-2-7-16-35)34-22-24-37(25-23-34)53-46-27-26-45-42(31-50-54(45)38-17-8-3-9-18-38)48(46)41-28-36-21-20-32-12-10-11-19-39(32)40(36)29-47(41)53/h1-31H. The van der Waals surface area contributed by atoms with Crippen LogP contribution in [0.15, 0.2) is 188 Å². The molecule has 252 valence electrons. The Balaban J connectivity index is 1.13. The van der Waals surface area contributed by atoms with E-state index in [1.165, 1.54) is 32.3 Å². The van der Waals surface area contributed by atoms with E-state index in [2.05, 4.69) is 144 Å². The van der Waals surface area contributed by atoms with Crippen LogP contribution in [0.25, 0.3) is 99.5 Å². The predicted octanol–water partition coefficient (Wildman–Crippen LogP) is 12.2. The minimum atomic E-state index is 0.706. The van der Waals surface area contributed by atoms with E-state index < -0.39 is 0 Å². The zero-order chi connectivity index (χ0) is 35.6. The van der Waals surface area contributed by atoms with Crippen molar-refractivity contribution in [1.82, 2.24) is 24.3 Å². The predicted molar refractivity (Wildman–Crippen MR) is 222 cm³/mol. The molecule has 0 spiro atoms. The molecule has 0 N–H and O–H groups in total. The molecule has 0 amide bonds. The van der Waals surface area contributed by atoms with Gasteiger partial charge in [0.05, 0.1) is 39.8 Å². The van der Waals surface area contributed by atoms with Crippen molar-refractivity contribution < 1.29 is 0 Å². The summed E-state index contributed by atoms with van der Waals surface area (Å²) in [4.78, 5) is 10.1. The molecule has 5 heteroatoms. The number of para-hydroxylation sites is 1. The smallest absolute Gasteiger partial charge is 0.160 e. The Morgan fingerprint density at radius 3 is 1.76 bits per heavy atom. The zero-order valence-electron chi connectivity index (χ0n) is 29.1. The van der Waals surface area contributed by atoms with Gasteiger partial charge in [-0.1, -0.05) is 127 Å². The number of aromatic nitrogens is 5. The van der Waals surface area contributed by atoms with Crippen molar-refractivity contribution in [1.29, 1.82) is 0 Å². The number of hydrogen-bond donors (Lipinski definition) is 0. The Labute approximate surface area is 311 Å². The van der Waals surface area contributed by atoms with Crippen LogP contribution in [0.1, 0.15) is 0 Å². The van der Waals surface area contributed by atoms with Gasteiger partial charge >= 0.3 is 0 Å². The van der Waals surface area contributed by atoms with Crippen LogP contribution in [0, 0.1) is 0 Å². The van der Waals surface area contributed by atoms with Gasteiger partial charge in [-0.2, -0.15) is 5.10 Å². The van der Waals surface area contributed by atoms with E-state index in [1.807, 2.05) is 53.3 Å². The van der Waals surface area contributed by atoms with Gasteiger partial charge in [-0.15, -0.1) is 0 Å². The van der Waals surface area contributed by atoms with Gasteiger partial charge in [-0.3, -0.25) is 0 Å². The summed E-state index contributed by atoms with van der Waals surface area (Å²) in [6.07, 6.45) is 2.02. The summed E-state index contributed by atoms with van der Waals surface area (Å²) >= 11 is 0.